The van der Waals surface area contributed by atoms with Gasteiger partial charge < -0.3 is 4.57 Å². The molecule has 1 nitrogen and oxygen atoms in total. The minimum absolute atomic E-state index is 1.11. The molecular weight excluding hydrogens is 807 g/mol. The number of aromatic nitrogens is 1. The van der Waals surface area contributed by atoms with E-state index in [1.54, 1.807) is 0 Å². The Morgan fingerprint density at radius 1 is 0.194 bits per heavy atom. The predicted octanol–water partition coefficient (Wildman–Crippen LogP) is 18.1. The third kappa shape index (κ3) is 7.63. The zero-order valence-electron chi connectivity index (χ0n) is 36.9. The second kappa shape index (κ2) is 17.3. The second-order valence-corrected chi connectivity index (χ2v) is 17.3. The van der Waals surface area contributed by atoms with Gasteiger partial charge in [0.25, 0.3) is 0 Å². The van der Waals surface area contributed by atoms with Crippen LogP contribution in [0.25, 0.3) is 117 Å². The van der Waals surface area contributed by atoms with Crippen LogP contribution in [0.3, 0.4) is 0 Å². The Balaban J connectivity index is 1.08. The first-order chi connectivity index (χ1) is 33.2. The van der Waals surface area contributed by atoms with Gasteiger partial charge in [0.05, 0.1) is 11.0 Å². The van der Waals surface area contributed by atoms with Gasteiger partial charge in [-0.25, -0.2) is 0 Å². The highest BCUT2D eigenvalue weighted by atomic mass is 15.0. The number of hydrogen-bond acceptors (Lipinski definition) is 0. The van der Waals surface area contributed by atoms with E-state index in [0.717, 1.165) is 16.8 Å². The fourth-order valence-corrected chi connectivity index (χ4v) is 9.87. The van der Waals surface area contributed by atoms with E-state index in [4.69, 9.17) is 0 Å². The minimum atomic E-state index is 1.11. The van der Waals surface area contributed by atoms with Crippen LogP contribution in [-0.2, 0) is 0 Å². The molecule has 11 aromatic carbocycles. The normalized spacial score (nSPS) is 11.3. The van der Waals surface area contributed by atoms with Crippen LogP contribution in [0.5, 0.6) is 0 Å². The standard InChI is InChI=1S/C66H45N/c1-6-17-46(18-7-1)50-29-33-52(34-30-50)62-42-58(43-63(66(62)54-25-14-5-15-26-54)53-35-31-51(32-36-53)47-19-8-2-9-20-47)55-27-16-28-59(41-55)67-64-44-56(48-21-10-3-11-22-48)37-39-60(64)61-40-38-57(45-65(61)67)49-23-12-4-13-24-49/h1-45H. The van der Waals surface area contributed by atoms with Crippen molar-refractivity contribution in [2.45, 2.75) is 0 Å². The van der Waals surface area contributed by atoms with Gasteiger partial charge in [0.15, 0.2) is 0 Å². The lowest BCUT2D eigenvalue weighted by molar-refractivity contribution is 1.18. The molecule has 0 N–H and O–H groups in total. The van der Waals surface area contributed by atoms with E-state index in [1.807, 2.05) is 0 Å². The van der Waals surface area contributed by atoms with E-state index in [1.165, 1.54) is 99.7 Å². The summed E-state index contributed by atoms with van der Waals surface area (Å²) < 4.78 is 2.47. The topological polar surface area (TPSA) is 4.93 Å². The fourth-order valence-electron chi connectivity index (χ4n) is 9.87. The maximum atomic E-state index is 2.47. The van der Waals surface area contributed by atoms with Crippen LogP contribution in [-0.4, -0.2) is 4.57 Å². The van der Waals surface area contributed by atoms with Gasteiger partial charge in [-0.15, -0.1) is 0 Å². The maximum absolute atomic E-state index is 2.47. The molecule has 0 unspecified atom stereocenters. The first-order valence-corrected chi connectivity index (χ1v) is 23.1. The van der Waals surface area contributed by atoms with Gasteiger partial charge in [0.1, 0.15) is 0 Å². The summed E-state index contributed by atoms with van der Waals surface area (Å²) in [6.07, 6.45) is 0. The Bertz CT molecular complexity index is 3470. The largest absolute Gasteiger partial charge is 0.309 e. The van der Waals surface area contributed by atoms with E-state index in [2.05, 4.69) is 278 Å². The van der Waals surface area contributed by atoms with Crippen molar-refractivity contribution in [2.75, 3.05) is 0 Å². The van der Waals surface area contributed by atoms with Crippen molar-refractivity contribution >= 4 is 21.8 Å². The molecule has 0 radical (unpaired) electrons. The SMILES string of the molecule is c1ccc(-c2ccc(-c3cc(-c4cccc(-n5c6cc(-c7ccccc7)ccc6c6ccc(-c7ccccc7)cc65)c4)cc(-c4ccc(-c5ccccc5)cc4)c3-c3ccccc3)cc2)cc1. The molecule has 0 fully saturated rings. The number of fused-ring (bicyclic) bond motifs is 3. The highest BCUT2D eigenvalue weighted by Crippen LogP contribution is 2.45. The van der Waals surface area contributed by atoms with Crippen molar-refractivity contribution in [2.24, 2.45) is 0 Å². The lowest BCUT2D eigenvalue weighted by atomic mass is 9.84. The van der Waals surface area contributed by atoms with E-state index in [0.29, 0.717) is 0 Å². The summed E-state index contributed by atoms with van der Waals surface area (Å²) in [5, 5.41) is 2.46. The quantitative estimate of drug-likeness (QED) is 0.136. The highest BCUT2D eigenvalue weighted by Gasteiger charge is 2.20. The van der Waals surface area contributed by atoms with Gasteiger partial charge >= 0.3 is 0 Å². The second-order valence-electron chi connectivity index (χ2n) is 17.3. The molecule has 12 aromatic rings. The number of rotatable bonds is 9. The number of hydrogen-bond donors (Lipinski definition) is 0. The van der Waals surface area contributed by atoms with Crippen LogP contribution < -0.4 is 0 Å². The van der Waals surface area contributed by atoms with Crippen molar-refractivity contribution in [3.8, 4) is 94.7 Å². The summed E-state index contributed by atoms with van der Waals surface area (Å²) in [4.78, 5) is 0. The van der Waals surface area contributed by atoms with Crippen LogP contribution in [0.2, 0.25) is 0 Å². The van der Waals surface area contributed by atoms with E-state index >= 15 is 0 Å². The number of benzene rings is 11. The maximum Gasteiger partial charge on any atom is 0.0547 e. The van der Waals surface area contributed by atoms with Crippen LogP contribution in [0.4, 0.5) is 0 Å². The molecule has 0 aliphatic heterocycles. The summed E-state index contributed by atoms with van der Waals surface area (Å²) in [5.41, 5.74) is 22.5. The third-order valence-corrected chi connectivity index (χ3v) is 13.2. The van der Waals surface area contributed by atoms with Crippen LogP contribution >= 0.6 is 0 Å². The molecule has 0 aliphatic carbocycles. The summed E-state index contributed by atoms with van der Waals surface area (Å²) in [6, 6.07) is 99.6. The average Bonchev–Trinajstić information content (AvgIpc) is 3.75. The third-order valence-electron chi connectivity index (χ3n) is 13.2. The van der Waals surface area contributed by atoms with Crippen molar-refractivity contribution in [3.63, 3.8) is 0 Å². The van der Waals surface area contributed by atoms with Gasteiger partial charge in [0, 0.05) is 16.5 Å². The molecule has 1 heterocycles. The van der Waals surface area contributed by atoms with Gasteiger partial charge in [-0.3, -0.25) is 0 Å². The molecule has 0 atom stereocenters. The van der Waals surface area contributed by atoms with Gasteiger partial charge in [-0.05, 0) is 125 Å². The molecule has 0 saturated carbocycles. The molecule has 0 saturated heterocycles. The van der Waals surface area contributed by atoms with E-state index in [9.17, 15) is 0 Å². The van der Waals surface area contributed by atoms with Crippen LogP contribution in [0.15, 0.2) is 273 Å². The van der Waals surface area contributed by atoms with Gasteiger partial charge in [-0.1, -0.05) is 237 Å². The Hall–Kier alpha value is -8.78. The van der Waals surface area contributed by atoms with Gasteiger partial charge in [0.2, 0.25) is 0 Å². The predicted molar refractivity (Wildman–Crippen MR) is 284 cm³/mol. The molecule has 0 spiro atoms. The zero-order valence-corrected chi connectivity index (χ0v) is 36.9. The lowest BCUT2D eigenvalue weighted by Gasteiger charge is -2.20. The van der Waals surface area contributed by atoms with E-state index < -0.39 is 0 Å². The molecule has 1 aromatic heterocycles. The number of nitrogens with zero attached hydrogens (tertiary/aromatic N) is 1. The van der Waals surface area contributed by atoms with Crippen LogP contribution in [0, 0.1) is 0 Å². The average molecular weight is 852 g/mol. The Labute approximate surface area is 392 Å². The molecule has 0 amide bonds. The molecule has 314 valence electrons. The molecule has 1 heteroatoms. The molecule has 67 heavy (non-hydrogen) atoms. The Morgan fingerprint density at radius 2 is 0.507 bits per heavy atom. The first-order valence-electron chi connectivity index (χ1n) is 23.1. The zero-order chi connectivity index (χ0) is 44.5. The van der Waals surface area contributed by atoms with Crippen molar-refractivity contribution in [1.82, 2.24) is 4.57 Å². The van der Waals surface area contributed by atoms with Crippen molar-refractivity contribution < 1.29 is 0 Å². The first kappa shape index (κ1) is 39.8. The molecular formula is C66H45N. The molecule has 12 rings (SSSR count). The molecule has 0 bridgehead atoms. The van der Waals surface area contributed by atoms with Crippen molar-refractivity contribution in [3.05, 3.63) is 273 Å². The van der Waals surface area contributed by atoms with Crippen molar-refractivity contribution in [1.29, 1.82) is 0 Å². The smallest absolute Gasteiger partial charge is 0.0547 e. The summed E-state index contributed by atoms with van der Waals surface area (Å²) in [6.45, 7) is 0. The minimum Gasteiger partial charge on any atom is -0.309 e. The summed E-state index contributed by atoms with van der Waals surface area (Å²) >= 11 is 0. The summed E-state index contributed by atoms with van der Waals surface area (Å²) in [5.74, 6) is 0. The summed E-state index contributed by atoms with van der Waals surface area (Å²) in [7, 11) is 0. The monoisotopic (exact) mass is 851 g/mol. The fraction of sp³-hybridized carbons (Fsp3) is 0. The Morgan fingerprint density at radius 3 is 0.925 bits per heavy atom. The highest BCUT2D eigenvalue weighted by molar-refractivity contribution is 6.11. The van der Waals surface area contributed by atoms with E-state index in [-0.39, 0.29) is 0 Å². The lowest BCUT2D eigenvalue weighted by Crippen LogP contribution is -1.96. The Kier molecular flexibility index (Phi) is 10.3. The molecule has 0 aliphatic rings. The van der Waals surface area contributed by atoms with Gasteiger partial charge in [-0.2, -0.15) is 0 Å². The van der Waals surface area contributed by atoms with Crippen LogP contribution in [0.1, 0.15) is 0 Å².